The Labute approximate surface area is 97.0 Å². The number of rotatable bonds is 2. The minimum Gasteiger partial charge on any atom is -0.394 e. The first-order valence-corrected chi connectivity index (χ1v) is 5.20. The molecule has 16 heavy (non-hydrogen) atoms. The van der Waals surface area contributed by atoms with E-state index in [-0.39, 0.29) is 5.82 Å². The summed E-state index contributed by atoms with van der Waals surface area (Å²) in [6.07, 6.45) is 0.631. The van der Waals surface area contributed by atoms with Crippen molar-refractivity contribution < 1.29 is 8.91 Å². The van der Waals surface area contributed by atoms with Crippen LogP contribution >= 0.6 is 11.6 Å². The summed E-state index contributed by atoms with van der Waals surface area (Å²) in [6, 6.07) is 4.03. The Morgan fingerprint density at radius 1 is 1.50 bits per heavy atom. The number of anilines is 1. The second-order valence-corrected chi connectivity index (χ2v) is 3.75. The van der Waals surface area contributed by atoms with E-state index in [0.29, 0.717) is 34.1 Å². The minimum atomic E-state index is -0.389. The molecule has 2 aromatic rings. The number of hydrogen-bond acceptors (Lipinski definition) is 3. The van der Waals surface area contributed by atoms with E-state index in [1.165, 1.54) is 18.2 Å². The summed E-state index contributed by atoms with van der Waals surface area (Å²) in [4.78, 5) is 0. The molecule has 0 unspecified atom stereocenters. The molecule has 0 fully saturated rings. The average Bonchev–Trinajstić information content (AvgIpc) is 2.63. The Hall–Kier alpha value is -1.55. The van der Waals surface area contributed by atoms with E-state index in [4.69, 9.17) is 21.9 Å². The number of hydrogen-bond donors (Lipinski definition) is 1. The fourth-order valence-electron chi connectivity index (χ4n) is 1.46. The molecule has 0 amide bonds. The highest BCUT2D eigenvalue weighted by Gasteiger charge is 2.16. The number of benzene rings is 1. The number of nitrogen functional groups attached to an aromatic ring is 1. The van der Waals surface area contributed by atoms with E-state index in [1.807, 2.05) is 6.92 Å². The molecule has 1 aromatic heterocycles. The summed E-state index contributed by atoms with van der Waals surface area (Å²) in [6.45, 7) is 1.90. The van der Waals surface area contributed by atoms with Gasteiger partial charge in [0.1, 0.15) is 17.2 Å². The van der Waals surface area contributed by atoms with Crippen molar-refractivity contribution in [3.63, 3.8) is 0 Å². The lowest BCUT2D eigenvalue weighted by Crippen LogP contribution is -1.91. The van der Waals surface area contributed by atoms with Crippen molar-refractivity contribution in [1.29, 1.82) is 0 Å². The number of aromatic nitrogens is 1. The van der Waals surface area contributed by atoms with Crippen molar-refractivity contribution in [2.24, 2.45) is 0 Å². The molecular weight excluding hydrogens is 231 g/mol. The zero-order valence-electron chi connectivity index (χ0n) is 8.63. The van der Waals surface area contributed by atoms with Crippen LogP contribution in [0.3, 0.4) is 0 Å². The molecule has 1 aromatic carbocycles. The first-order valence-electron chi connectivity index (χ1n) is 4.83. The molecule has 0 aliphatic heterocycles. The SMILES string of the molecule is CCc1onc(-c2cc(F)ccc2Cl)c1N. The van der Waals surface area contributed by atoms with E-state index in [9.17, 15) is 4.39 Å². The molecular formula is C11H10ClFN2O. The third-order valence-electron chi connectivity index (χ3n) is 2.31. The average molecular weight is 241 g/mol. The summed E-state index contributed by atoms with van der Waals surface area (Å²) >= 11 is 5.95. The van der Waals surface area contributed by atoms with Crippen LogP contribution in [-0.2, 0) is 6.42 Å². The predicted molar refractivity (Wildman–Crippen MR) is 60.7 cm³/mol. The van der Waals surface area contributed by atoms with E-state index in [0.717, 1.165) is 0 Å². The predicted octanol–water partition coefficient (Wildman–Crippen LogP) is 3.28. The van der Waals surface area contributed by atoms with Gasteiger partial charge in [-0.3, -0.25) is 0 Å². The lowest BCUT2D eigenvalue weighted by Gasteiger charge is -2.01. The summed E-state index contributed by atoms with van der Waals surface area (Å²) in [7, 11) is 0. The number of halogens is 2. The van der Waals surface area contributed by atoms with Crippen LogP contribution < -0.4 is 5.73 Å². The molecule has 0 spiro atoms. The highest BCUT2D eigenvalue weighted by Crippen LogP contribution is 2.33. The van der Waals surface area contributed by atoms with Gasteiger partial charge in [-0.15, -0.1) is 0 Å². The quantitative estimate of drug-likeness (QED) is 0.876. The van der Waals surface area contributed by atoms with E-state index < -0.39 is 0 Å². The van der Waals surface area contributed by atoms with Gasteiger partial charge in [0.2, 0.25) is 0 Å². The summed E-state index contributed by atoms with van der Waals surface area (Å²) < 4.78 is 18.1. The first kappa shape index (κ1) is 11.0. The molecule has 1 heterocycles. The zero-order chi connectivity index (χ0) is 11.7. The van der Waals surface area contributed by atoms with Crippen molar-refractivity contribution in [2.45, 2.75) is 13.3 Å². The molecule has 0 atom stereocenters. The smallest absolute Gasteiger partial charge is 0.159 e. The standard InChI is InChI=1S/C11H10ClFN2O/c1-2-9-10(14)11(15-16-9)7-5-6(13)3-4-8(7)12/h3-5H,2,14H2,1H3. The molecule has 0 aliphatic carbocycles. The lowest BCUT2D eigenvalue weighted by molar-refractivity contribution is 0.389. The number of aryl methyl sites for hydroxylation is 1. The molecule has 2 rings (SSSR count). The Morgan fingerprint density at radius 2 is 2.25 bits per heavy atom. The molecule has 0 saturated heterocycles. The van der Waals surface area contributed by atoms with E-state index in [2.05, 4.69) is 5.16 Å². The van der Waals surface area contributed by atoms with Crippen molar-refractivity contribution >= 4 is 17.3 Å². The van der Waals surface area contributed by atoms with Gasteiger partial charge in [-0.1, -0.05) is 23.7 Å². The van der Waals surface area contributed by atoms with Gasteiger partial charge in [0.05, 0.1) is 5.02 Å². The van der Waals surface area contributed by atoms with Crippen LogP contribution in [0.4, 0.5) is 10.1 Å². The Bertz CT molecular complexity index is 525. The Kier molecular flexibility index (Phi) is 2.83. The third-order valence-corrected chi connectivity index (χ3v) is 2.64. The van der Waals surface area contributed by atoms with Crippen LogP contribution in [0.5, 0.6) is 0 Å². The topological polar surface area (TPSA) is 52.0 Å². The molecule has 0 radical (unpaired) electrons. The van der Waals surface area contributed by atoms with Crippen LogP contribution in [0.15, 0.2) is 22.7 Å². The number of nitrogens with two attached hydrogens (primary N) is 1. The summed E-state index contributed by atoms with van der Waals surface area (Å²) in [5.41, 5.74) is 7.08. The van der Waals surface area contributed by atoms with Gasteiger partial charge >= 0.3 is 0 Å². The lowest BCUT2D eigenvalue weighted by atomic mass is 10.1. The maximum Gasteiger partial charge on any atom is 0.159 e. The zero-order valence-corrected chi connectivity index (χ0v) is 9.38. The molecule has 5 heteroatoms. The first-order chi connectivity index (χ1) is 7.63. The third kappa shape index (κ3) is 1.76. The van der Waals surface area contributed by atoms with Gasteiger partial charge in [-0.25, -0.2) is 4.39 Å². The fourth-order valence-corrected chi connectivity index (χ4v) is 1.67. The van der Waals surface area contributed by atoms with Crippen molar-refractivity contribution in [1.82, 2.24) is 5.16 Å². The van der Waals surface area contributed by atoms with E-state index in [1.54, 1.807) is 0 Å². The minimum absolute atomic E-state index is 0.389. The van der Waals surface area contributed by atoms with Crippen molar-refractivity contribution in [2.75, 3.05) is 5.73 Å². The van der Waals surface area contributed by atoms with Crippen LogP contribution in [0.1, 0.15) is 12.7 Å². The molecule has 0 aliphatic rings. The Morgan fingerprint density at radius 3 is 2.88 bits per heavy atom. The largest absolute Gasteiger partial charge is 0.394 e. The van der Waals surface area contributed by atoms with E-state index >= 15 is 0 Å². The second kappa shape index (κ2) is 4.14. The fraction of sp³-hybridized carbons (Fsp3) is 0.182. The van der Waals surface area contributed by atoms with Gasteiger partial charge in [0, 0.05) is 12.0 Å². The summed E-state index contributed by atoms with van der Waals surface area (Å²) in [5, 5.41) is 4.20. The van der Waals surface area contributed by atoms with Gasteiger partial charge in [-0.2, -0.15) is 0 Å². The van der Waals surface area contributed by atoms with Crippen LogP contribution in [0.25, 0.3) is 11.3 Å². The van der Waals surface area contributed by atoms with Gasteiger partial charge in [0.15, 0.2) is 5.76 Å². The summed E-state index contributed by atoms with van der Waals surface area (Å²) in [5.74, 6) is 0.190. The molecule has 2 N–H and O–H groups in total. The monoisotopic (exact) mass is 240 g/mol. The normalized spacial score (nSPS) is 10.7. The van der Waals surface area contributed by atoms with Crippen molar-refractivity contribution in [3.8, 4) is 11.3 Å². The highest BCUT2D eigenvalue weighted by atomic mass is 35.5. The molecule has 3 nitrogen and oxygen atoms in total. The number of nitrogens with zero attached hydrogens (tertiary/aromatic N) is 1. The Balaban J connectivity index is 2.58. The molecule has 0 saturated carbocycles. The van der Waals surface area contributed by atoms with Crippen molar-refractivity contribution in [3.05, 3.63) is 34.8 Å². The maximum absolute atomic E-state index is 13.1. The molecule has 0 bridgehead atoms. The molecule has 84 valence electrons. The van der Waals surface area contributed by atoms with Crippen LogP contribution in [0, 0.1) is 5.82 Å². The van der Waals surface area contributed by atoms with Crippen LogP contribution in [-0.4, -0.2) is 5.16 Å². The van der Waals surface area contributed by atoms with Crippen LogP contribution in [0.2, 0.25) is 5.02 Å². The maximum atomic E-state index is 13.1. The van der Waals surface area contributed by atoms with Gasteiger partial charge in [-0.05, 0) is 18.2 Å². The van der Waals surface area contributed by atoms with Gasteiger partial charge in [0.25, 0.3) is 0 Å². The van der Waals surface area contributed by atoms with Gasteiger partial charge < -0.3 is 10.3 Å². The second-order valence-electron chi connectivity index (χ2n) is 3.35. The highest BCUT2D eigenvalue weighted by molar-refractivity contribution is 6.33.